The summed E-state index contributed by atoms with van der Waals surface area (Å²) in [4.78, 5) is 5.77. The van der Waals surface area contributed by atoms with E-state index in [1.807, 2.05) is 13.8 Å². The van der Waals surface area contributed by atoms with Crippen LogP contribution in [0.3, 0.4) is 0 Å². The number of benzene rings is 1. The number of hydrogen-bond donors (Lipinski definition) is 1. The lowest BCUT2D eigenvalue weighted by molar-refractivity contribution is 0.107. The summed E-state index contributed by atoms with van der Waals surface area (Å²) in [5, 5.41) is 9.86. The van der Waals surface area contributed by atoms with Crippen LogP contribution in [0.5, 0.6) is 0 Å². The van der Waals surface area contributed by atoms with Crippen molar-refractivity contribution in [3.8, 4) is 34.4 Å². The lowest BCUT2D eigenvalue weighted by Gasteiger charge is -2.36. The number of rotatable bonds is 5. The van der Waals surface area contributed by atoms with Crippen molar-refractivity contribution in [3.05, 3.63) is 45.4 Å². The molecule has 7 heteroatoms. The molecule has 6 rings (SSSR count). The molecular formula is C27H29FN4OS. The largest absolute Gasteiger partial charge is 0.367 e. The molecule has 1 aliphatic heterocycles. The van der Waals surface area contributed by atoms with Crippen LogP contribution in [0.25, 0.3) is 22.5 Å². The third-order valence-corrected chi connectivity index (χ3v) is 7.81. The van der Waals surface area contributed by atoms with Gasteiger partial charge in [-0.15, -0.1) is 11.3 Å². The molecule has 34 heavy (non-hydrogen) atoms. The Morgan fingerprint density at radius 2 is 2.03 bits per heavy atom. The molecule has 0 unspecified atom stereocenters. The summed E-state index contributed by atoms with van der Waals surface area (Å²) in [6, 6.07) is 6.62. The fourth-order valence-electron chi connectivity index (χ4n) is 5.04. The van der Waals surface area contributed by atoms with Gasteiger partial charge in [-0.3, -0.25) is 10.00 Å². The number of anilines is 1. The molecule has 1 saturated heterocycles. The number of ether oxygens (including phenoxy) is 1. The van der Waals surface area contributed by atoms with Crippen LogP contribution in [0.1, 0.15) is 42.7 Å². The van der Waals surface area contributed by atoms with E-state index in [1.54, 1.807) is 17.4 Å². The normalized spacial score (nSPS) is 17.6. The molecule has 2 aliphatic carbocycles. The van der Waals surface area contributed by atoms with Crippen molar-refractivity contribution in [1.29, 1.82) is 0 Å². The first-order valence-corrected chi connectivity index (χ1v) is 13.0. The zero-order chi connectivity index (χ0) is 23.2. The van der Waals surface area contributed by atoms with E-state index in [4.69, 9.17) is 4.74 Å². The standard InChI is InChI=1S/C27H29FN4OS/c1-17(2)33-11-3-4-21-12-19(16-34-21)26-23-13-18-14-25(24(28)15-22(18)27(23)30-29-26)32-9-7-31(8-10-32)20-5-6-20/h12,14-17,20H,5-11,13H2,1-2H3,(H,29,30). The van der Waals surface area contributed by atoms with E-state index in [2.05, 4.69) is 49.4 Å². The van der Waals surface area contributed by atoms with E-state index in [1.165, 1.54) is 18.4 Å². The lowest BCUT2D eigenvalue weighted by atomic mass is 10.1. The molecule has 3 heterocycles. The van der Waals surface area contributed by atoms with Crippen LogP contribution >= 0.6 is 11.3 Å². The van der Waals surface area contributed by atoms with E-state index in [-0.39, 0.29) is 11.9 Å². The summed E-state index contributed by atoms with van der Waals surface area (Å²) in [6.07, 6.45) is 3.60. The van der Waals surface area contributed by atoms with Crippen LogP contribution in [0.2, 0.25) is 0 Å². The van der Waals surface area contributed by atoms with Gasteiger partial charge in [0.25, 0.3) is 0 Å². The van der Waals surface area contributed by atoms with Gasteiger partial charge in [-0.05, 0) is 50.5 Å². The first-order chi connectivity index (χ1) is 16.6. The number of aromatic nitrogens is 2. The van der Waals surface area contributed by atoms with Crippen molar-refractivity contribution in [2.45, 2.75) is 45.3 Å². The van der Waals surface area contributed by atoms with Gasteiger partial charge >= 0.3 is 0 Å². The maximum Gasteiger partial charge on any atom is 0.147 e. The van der Waals surface area contributed by atoms with E-state index < -0.39 is 0 Å². The summed E-state index contributed by atoms with van der Waals surface area (Å²) in [5.41, 5.74) is 6.93. The second-order valence-corrected chi connectivity index (χ2v) is 10.6. The molecule has 1 N–H and O–H groups in total. The smallest absolute Gasteiger partial charge is 0.147 e. The molecule has 2 aromatic heterocycles. The fourth-order valence-corrected chi connectivity index (χ4v) is 5.80. The number of halogens is 1. The third-order valence-electron chi connectivity index (χ3n) is 6.97. The van der Waals surface area contributed by atoms with E-state index in [9.17, 15) is 0 Å². The van der Waals surface area contributed by atoms with E-state index in [0.29, 0.717) is 6.61 Å². The number of thiophene rings is 1. The Labute approximate surface area is 203 Å². The van der Waals surface area contributed by atoms with Gasteiger partial charge in [0.1, 0.15) is 12.4 Å². The molecular weight excluding hydrogens is 447 g/mol. The maximum atomic E-state index is 15.2. The Balaban J connectivity index is 1.20. The molecule has 0 atom stereocenters. The highest BCUT2D eigenvalue weighted by Gasteiger charge is 2.33. The number of nitrogens with one attached hydrogen (secondary N) is 1. The van der Waals surface area contributed by atoms with Gasteiger partial charge in [-0.1, -0.05) is 11.8 Å². The first kappa shape index (κ1) is 21.8. The van der Waals surface area contributed by atoms with Crippen molar-refractivity contribution in [1.82, 2.24) is 15.1 Å². The monoisotopic (exact) mass is 476 g/mol. The molecule has 2 fully saturated rings. The van der Waals surface area contributed by atoms with Crippen LogP contribution in [0.4, 0.5) is 10.1 Å². The second kappa shape index (κ2) is 8.84. The molecule has 5 nitrogen and oxygen atoms in total. The van der Waals surface area contributed by atoms with Gasteiger partial charge in [-0.2, -0.15) is 5.10 Å². The van der Waals surface area contributed by atoms with Crippen molar-refractivity contribution >= 4 is 17.0 Å². The van der Waals surface area contributed by atoms with Crippen LogP contribution in [0.15, 0.2) is 23.6 Å². The van der Waals surface area contributed by atoms with Gasteiger partial charge in [0.15, 0.2) is 0 Å². The molecule has 0 amide bonds. The first-order valence-electron chi connectivity index (χ1n) is 12.1. The van der Waals surface area contributed by atoms with Crippen LogP contribution in [0, 0.1) is 17.7 Å². The number of hydrogen-bond acceptors (Lipinski definition) is 5. The summed E-state index contributed by atoms with van der Waals surface area (Å²) in [5.74, 6) is 6.11. The zero-order valence-electron chi connectivity index (χ0n) is 19.7. The molecule has 1 saturated carbocycles. The predicted octanol–water partition coefficient (Wildman–Crippen LogP) is 4.91. The van der Waals surface area contributed by atoms with Gasteiger partial charge in [0, 0.05) is 60.7 Å². The Kier molecular flexibility index (Phi) is 5.68. The van der Waals surface area contributed by atoms with Gasteiger partial charge in [-0.25, -0.2) is 4.39 Å². The van der Waals surface area contributed by atoms with Gasteiger partial charge in [0.05, 0.1) is 28.1 Å². The van der Waals surface area contributed by atoms with Crippen molar-refractivity contribution in [2.75, 3.05) is 37.7 Å². The van der Waals surface area contributed by atoms with Crippen molar-refractivity contribution < 1.29 is 9.13 Å². The quantitative estimate of drug-likeness (QED) is 0.416. The lowest BCUT2D eigenvalue weighted by Crippen LogP contribution is -2.47. The SMILES string of the molecule is CC(C)OCC#Cc1cc(-c2n[nH]c3c2Cc2cc(N4CCN(C5CC5)CC4)c(F)cc2-3)cs1. The Bertz CT molecular complexity index is 1270. The minimum Gasteiger partial charge on any atom is -0.367 e. The summed E-state index contributed by atoms with van der Waals surface area (Å²) in [7, 11) is 0. The van der Waals surface area contributed by atoms with Gasteiger partial charge in [0.2, 0.25) is 0 Å². The van der Waals surface area contributed by atoms with Crippen molar-refractivity contribution in [3.63, 3.8) is 0 Å². The summed E-state index contributed by atoms with van der Waals surface area (Å²) < 4.78 is 20.7. The minimum absolute atomic E-state index is 0.140. The number of H-pyrrole nitrogens is 1. The van der Waals surface area contributed by atoms with E-state index in [0.717, 1.165) is 77.3 Å². The Hall–Kier alpha value is -2.66. The van der Waals surface area contributed by atoms with Crippen molar-refractivity contribution in [2.24, 2.45) is 0 Å². The summed E-state index contributed by atoms with van der Waals surface area (Å²) in [6.45, 7) is 8.29. The average molecular weight is 477 g/mol. The topological polar surface area (TPSA) is 44.4 Å². The molecule has 3 aromatic rings. The van der Waals surface area contributed by atoms with Crippen LogP contribution < -0.4 is 4.90 Å². The number of fused-ring (bicyclic) bond motifs is 3. The molecule has 0 spiro atoms. The van der Waals surface area contributed by atoms with E-state index >= 15 is 4.39 Å². The number of nitrogens with zero attached hydrogens (tertiary/aromatic N) is 3. The third kappa shape index (κ3) is 4.15. The second-order valence-electron chi connectivity index (χ2n) is 9.68. The molecule has 3 aliphatic rings. The molecule has 0 bridgehead atoms. The van der Waals surface area contributed by atoms with Crippen LogP contribution in [-0.4, -0.2) is 60.0 Å². The minimum atomic E-state index is -0.140. The fraction of sp³-hybridized carbons (Fsp3) is 0.444. The summed E-state index contributed by atoms with van der Waals surface area (Å²) >= 11 is 1.61. The maximum absolute atomic E-state index is 15.2. The number of piperazine rings is 1. The average Bonchev–Trinajstić information content (AvgIpc) is 3.28. The highest BCUT2D eigenvalue weighted by Crippen LogP contribution is 2.43. The molecule has 176 valence electrons. The Morgan fingerprint density at radius 1 is 1.21 bits per heavy atom. The Morgan fingerprint density at radius 3 is 2.79 bits per heavy atom. The predicted molar refractivity (Wildman–Crippen MR) is 135 cm³/mol. The highest BCUT2D eigenvalue weighted by atomic mass is 32.1. The number of aromatic amines is 1. The highest BCUT2D eigenvalue weighted by molar-refractivity contribution is 7.11. The molecule has 0 radical (unpaired) electrons. The molecule has 1 aromatic carbocycles. The zero-order valence-corrected chi connectivity index (χ0v) is 20.5. The van der Waals surface area contributed by atoms with Gasteiger partial charge < -0.3 is 9.64 Å². The van der Waals surface area contributed by atoms with Crippen LogP contribution in [-0.2, 0) is 11.2 Å².